The van der Waals surface area contributed by atoms with Gasteiger partial charge in [0.2, 0.25) is 5.91 Å². The van der Waals surface area contributed by atoms with Gasteiger partial charge < -0.3 is 15.0 Å². The van der Waals surface area contributed by atoms with Gasteiger partial charge in [-0.15, -0.1) is 0 Å². The number of hydrogen-bond acceptors (Lipinski definition) is 4. The van der Waals surface area contributed by atoms with Crippen molar-refractivity contribution in [3.05, 3.63) is 68.9 Å². The molecule has 1 aliphatic heterocycles. The van der Waals surface area contributed by atoms with Crippen LogP contribution in [-0.2, 0) is 25.0 Å². The lowest BCUT2D eigenvalue weighted by Gasteiger charge is -2.23. The molecule has 0 fully saturated rings. The van der Waals surface area contributed by atoms with Crippen LogP contribution in [0.1, 0.15) is 28.5 Å². The summed E-state index contributed by atoms with van der Waals surface area (Å²) in [4.78, 5) is 26.6. The molecule has 0 atom stereocenters. The summed E-state index contributed by atoms with van der Waals surface area (Å²) in [5, 5.41) is 7.35. The molecule has 1 aliphatic rings. The minimum Gasteiger partial charge on any atom is -0.488 e. The summed E-state index contributed by atoms with van der Waals surface area (Å²) in [6.07, 6.45) is 0. The van der Waals surface area contributed by atoms with E-state index in [4.69, 9.17) is 4.74 Å². The molecule has 4 rings (SSSR count). The minimum atomic E-state index is -0.177. The first-order valence-electron chi connectivity index (χ1n) is 10.00. The molecular formula is C23H23IN4O3. The van der Waals surface area contributed by atoms with E-state index < -0.39 is 0 Å². The van der Waals surface area contributed by atoms with Crippen LogP contribution < -0.4 is 10.1 Å². The van der Waals surface area contributed by atoms with Crippen LogP contribution in [0.2, 0.25) is 0 Å². The summed E-state index contributed by atoms with van der Waals surface area (Å²) in [7, 11) is 1.85. The molecule has 7 nitrogen and oxygen atoms in total. The molecular weight excluding hydrogens is 507 g/mol. The van der Waals surface area contributed by atoms with E-state index in [9.17, 15) is 9.59 Å². The number of aryl methyl sites for hydroxylation is 1. The summed E-state index contributed by atoms with van der Waals surface area (Å²) in [5.74, 6) is 0.493. The Balaban J connectivity index is 1.67. The van der Waals surface area contributed by atoms with Crippen LogP contribution in [0.15, 0.2) is 48.5 Å². The van der Waals surface area contributed by atoms with Gasteiger partial charge in [0.1, 0.15) is 12.4 Å². The SMILES string of the molecule is CC(=O)NCCN(Cc1ccccc1)C(=O)c1nn(C)c2c1COc1ccc(I)cc1-2. The number of hydrogen-bond donors (Lipinski definition) is 1. The smallest absolute Gasteiger partial charge is 0.275 e. The van der Waals surface area contributed by atoms with Crippen LogP contribution >= 0.6 is 22.6 Å². The van der Waals surface area contributed by atoms with Gasteiger partial charge in [-0.2, -0.15) is 5.10 Å². The fourth-order valence-electron chi connectivity index (χ4n) is 3.75. The molecule has 160 valence electrons. The van der Waals surface area contributed by atoms with E-state index in [1.54, 1.807) is 9.58 Å². The highest BCUT2D eigenvalue weighted by Gasteiger charge is 2.30. The minimum absolute atomic E-state index is 0.123. The third kappa shape index (κ3) is 4.58. The number of aromatic nitrogens is 2. The van der Waals surface area contributed by atoms with Crippen LogP contribution in [-0.4, -0.2) is 39.6 Å². The molecule has 8 heteroatoms. The van der Waals surface area contributed by atoms with Gasteiger partial charge in [0, 0.05) is 48.3 Å². The van der Waals surface area contributed by atoms with Crippen molar-refractivity contribution in [2.24, 2.45) is 7.05 Å². The number of carbonyl (C=O) groups excluding carboxylic acids is 2. The van der Waals surface area contributed by atoms with Gasteiger partial charge in [0.25, 0.3) is 5.91 Å². The van der Waals surface area contributed by atoms with Crippen molar-refractivity contribution >= 4 is 34.4 Å². The molecule has 0 saturated carbocycles. The number of ether oxygens (including phenoxy) is 1. The Morgan fingerprint density at radius 1 is 1.23 bits per heavy atom. The Morgan fingerprint density at radius 2 is 2.00 bits per heavy atom. The number of nitrogens with zero attached hydrogens (tertiary/aromatic N) is 3. The predicted molar refractivity (Wildman–Crippen MR) is 126 cm³/mol. The van der Waals surface area contributed by atoms with Crippen molar-refractivity contribution in [3.63, 3.8) is 0 Å². The molecule has 31 heavy (non-hydrogen) atoms. The van der Waals surface area contributed by atoms with Gasteiger partial charge in [-0.05, 0) is 46.4 Å². The number of carbonyl (C=O) groups is 2. The van der Waals surface area contributed by atoms with Crippen LogP contribution in [0.25, 0.3) is 11.3 Å². The fraction of sp³-hybridized carbons (Fsp3) is 0.261. The highest BCUT2D eigenvalue weighted by atomic mass is 127. The summed E-state index contributed by atoms with van der Waals surface area (Å²) < 4.78 is 8.78. The standard InChI is InChI=1S/C23H23IN4O3/c1-15(29)25-10-11-28(13-16-6-4-3-5-7-16)23(30)21-19-14-31-20-9-8-17(24)12-18(20)22(19)27(2)26-21/h3-9,12H,10-11,13-14H2,1-2H3,(H,25,29). The first-order valence-corrected chi connectivity index (χ1v) is 11.1. The van der Waals surface area contributed by atoms with Crippen LogP contribution in [0.4, 0.5) is 0 Å². The molecule has 0 saturated heterocycles. The second-order valence-electron chi connectivity index (χ2n) is 7.42. The highest BCUT2D eigenvalue weighted by molar-refractivity contribution is 14.1. The maximum absolute atomic E-state index is 13.6. The third-order valence-electron chi connectivity index (χ3n) is 5.18. The van der Waals surface area contributed by atoms with Crippen molar-refractivity contribution in [2.75, 3.05) is 13.1 Å². The van der Waals surface area contributed by atoms with Crippen LogP contribution in [0.3, 0.4) is 0 Å². The van der Waals surface area contributed by atoms with E-state index in [1.165, 1.54) is 6.92 Å². The molecule has 2 aromatic carbocycles. The average Bonchev–Trinajstić information content (AvgIpc) is 3.10. The van der Waals surface area contributed by atoms with Gasteiger partial charge in [0.05, 0.1) is 5.69 Å². The van der Waals surface area contributed by atoms with Crippen molar-refractivity contribution in [3.8, 4) is 17.0 Å². The molecule has 0 aliphatic carbocycles. The van der Waals surface area contributed by atoms with E-state index in [2.05, 4.69) is 33.0 Å². The highest BCUT2D eigenvalue weighted by Crippen LogP contribution is 2.39. The third-order valence-corrected chi connectivity index (χ3v) is 5.85. The molecule has 2 heterocycles. The largest absolute Gasteiger partial charge is 0.488 e. The second-order valence-corrected chi connectivity index (χ2v) is 8.67. The first-order chi connectivity index (χ1) is 14.9. The summed E-state index contributed by atoms with van der Waals surface area (Å²) in [6.45, 7) is 2.95. The molecule has 0 radical (unpaired) electrons. The van der Waals surface area contributed by atoms with E-state index in [0.717, 1.165) is 31.7 Å². The van der Waals surface area contributed by atoms with Gasteiger partial charge in [-0.25, -0.2) is 0 Å². The first kappa shape index (κ1) is 21.4. The van der Waals surface area contributed by atoms with Gasteiger partial charge in [-0.1, -0.05) is 30.3 Å². The van der Waals surface area contributed by atoms with Gasteiger partial charge in [-0.3, -0.25) is 14.3 Å². The zero-order chi connectivity index (χ0) is 22.0. The van der Waals surface area contributed by atoms with E-state index in [1.807, 2.05) is 55.6 Å². The number of nitrogens with one attached hydrogen (secondary N) is 1. The van der Waals surface area contributed by atoms with E-state index in [0.29, 0.717) is 31.9 Å². The summed E-state index contributed by atoms with van der Waals surface area (Å²) >= 11 is 2.27. The Hall–Kier alpha value is -2.88. The monoisotopic (exact) mass is 530 g/mol. The van der Waals surface area contributed by atoms with Crippen molar-refractivity contribution in [1.29, 1.82) is 0 Å². The molecule has 2 amide bonds. The lowest BCUT2D eigenvalue weighted by molar-refractivity contribution is -0.119. The topological polar surface area (TPSA) is 76.5 Å². The summed E-state index contributed by atoms with van der Waals surface area (Å²) in [6, 6.07) is 15.8. The van der Waals surface area contributed by atoms with Crippen molar-refractivity contribution in [2.45, 2.75) is 20.1 Å². The lowest BCUT2D eigenvalue weighted by Crippen LogP contribution is -2.38. The van der Waals surface area contributed by atoms with Crippen molar-refractivity contribution in [1.82, 2.24) is 20.0 Å². The van der Waals surface area contributed by atoms with E-state index in [-0.39, 0.29) is 11.8 Å². The molecule has 1 N–H and O–H groups in total. The molecule has 0 bridgehead atoms. The quantitative estimate of drug-likeness (QED) is 0.497. The number of benzene rings is 2. The fourth-order valence-corrected chi connectivity index (χ4v) is 4.24. The Morgan fingerprint density at radius 3 is 2.74 bits per heavy atom. The molecule has 0 unspecified atom stereocenters. The average molecular weight is 530 g/mol. The number of amides is 2. The van der Waals surface area contributed by atoms with Gasteiger partial charge in [0.15, 0.2) is 5.69 Å². The normalized spacial score (nSPS) is 11.8. The maximum atomic E-state index is 13.6. The number of halogens is 1. The maximum Gasteiger partial charge on any atom is 0.275 e. The number of rotatable bonds is 6. The van der Waals surface area contributed by atoms with Crippen molar-refractivity contribution < 1.29 is 14.3 Å². The Bertz CT molecular complexity index is 1130. The molecule has 0 spiro atoms. The predicted octanol–water partition coefficient (Wildman–Crippen LogP) is 3.36. The Kier molecular flexibility index (Phi) is 6.26. The zero-order valence-corrected chi connectivity index (χ0v) is 19.5. The molecule has 3 aromatic rings. The number of fused-ring (bicyclic) bond motifs is 3. The Labute approximate surface area is 194 Å². The summed E-state index contributed by atoms with van der Waals surface area (Å²) in [5.41, 5.74) is 4.04. The van der Waals surface area contributed by atoms with Gasteiger partial charge >= 0.3 is 0 Å². The van der Waals surface area contributed by atoms with Crippen LogP contribution in [0.5, 0.6) is 5.75 Å². The molecule has 1 aromatic heterocycles. The lowest BCUT2D eigenvalue weighted by atomic mass is 10.0. The second kappa shape index (κ2) is 9.09. The van der Waals surface area contributed by atoms with Crippen LogP contribution in [0, 0.1) is 3.57 Å². The zero-order valence-electron chi connectivity index (χ0n) is 17.4. The van der Waals surface area contributed by atoms with E-state index >= 15 is 0 Å².